The van der Waals surface area contributed by atoms with E-state index in [2.05, 4.69) is 35.2 Å². The summed E-state index contributed by atoms with van der Waals surface area (Å²) in [6.07, 6.45) is -0.364. The molecule has 142 valence electrons. The van der Waals surface area contributed by atoms with Gasteiger partial charge in [-0.25, -0.2) is 0 Å². The normalized spacial score (nSPS) is 17.1. The number of hydrogen-bond acceptors (Lipinski definition) is 6. The van der Waals surface area contributed by atoms with E-state index in [-0.39, 0.29) is 5.82 Å². The van der Waals surface area contributed by atoms with E-state index in [9.17, 15) is 13.2 Å². The zero-order valence-corrected chi connectivity index (χ0v) is 14.5. The third-order valence-corrected chi connectivity index (χ3v) is 4.66. The third-order valence-electron chi connectivity index (χ3n) is 4.66. The highest BCUT2D eigenvalue weighted by atomic mass is 19.4. The van der Waals surface area contributed by atoms with Crippen LogP contribution in [0, 0.1) is 6.92 Å². The Bertz CT molecular complexity index is 931. The Labute approximate surface area is 152 Å². The van der Waals surface area contributed by atoms with Crippen LogP contribution in [0.15, 0.2) is 22.9 Å². The van der Waals surface area contributed by atoms with Gasteiger partial charge in [0.25, 0.3) is 0 Å². The number of aryl methyl sites for hydroxylation is 2. The minimum Gasteiger partial charge on any atom is -0.329 e. The molecule has 7 nitrogen and oxygen atoms in total. The van der Waals surface area contributed by atoms with E-state index in [1.165, 1.54) is 11.8 Å². The molecule has 3 heterocycles. The van der Waals surface area contributed by atoms with E-state index < -0.39 is 12.1 Å². The second-order valence-corrected chi connectivity index (χ2v) is 6.55. The zero-order chi connectivity index (χ0) is 19.0. The van der Waals surface area contributed by atoms with Crippen molar-refractivity contribution in [3.8, 4) is 11.4 Å². The molecule has 0 fully saturated rings. The summed E-state index contributed by atoms with van der Waals surface area (Å²) in [5.41, 5.74) is 4.69. The highest BCUT2D eigenvalue weighted by Crippen LogP contribution is 2.29. The van der Waals surface area contributed by atoms with Crippen LogP contribution in [0.3, 0.4) is 0 Å². The number of nitrogens with one attached hydrogen (secondary N) is 2. The van der Waals surface area contributed by atoms with Gasteiger partial charge in [-0.15, -0.1) is 0 Å². The van der Waals surface area contributed by atoms with Gasteiger partial charge in [-0.05, 0) is 43.9 Å². The molecular formula is C17H17F3N6O. The fraction of sp³-hybridized carbons (Fsp3) is 0.412. The average molecular weight is 378 g/mol. The largest absolute Gasteiger partial charge is 0.471 e. The molecule has 3 aromatic heterocycles. The fourth-order valence-electron chi connectivity index (χ4n) is 3.18. The van der Waals surface area contributed by atoms with Crippen LogP contribution in [0.4, 0.5) is 13.2 Å². The molecule has 0 bridgehead atoms. The molecule has 1 aliphatic carbocycles. The molecule has 27 heavy (non-hydrogen) atoms. The molecule has 0 spiro atoms. The average Bonchev–Trinajstić information content (AvgIpc) is 3.28. The third kappa shape index (κ3) is 3.70. The predicted molar refractivity (Wildman–Crippen MR) is 88.5 cm³/mol. The lowest BCUT2D eigenvalue weighted by atomic mass is 9.92. The lowest BCUT2D eigenvalue weighted by Gasteiger charge is -2.23. The van der Waals surface area contributed by atoms with Gasteiger partial charge in [0.05, 0.1) is 11.4 Å². The van der Waals surface area contributed by atoms with Gasteiger partial charge in [-0.2, -0.15) is 23.3 Å². The van der Waals surface area contributed by atoms with E-state index in [0.717, 1.165) is 36.3 Å². The van der Waals surface area contributed by atoms with Crippen LogP contribution in [0.25, 0.3) is 11.4 Å². The van der Waals surface area contributed by atoms with Crippen LogP contribution >= 0.6 is 0 Å². The molecule has 10 heteroatoms. The van der Waals surface area contributed by atoms with Crippen molar-refractivity contribution >= 4 is 0 Å². The highest BCUT2D eigenvalue weighted by Gasteiger charge is 2.38. The van der Waals surface area contributed by atoms with Crippen molar-refractivity contribution in [3.05, 3.63) is 46.9 Å². The number of H-pyrrole nitrogens is 1. The summed E-state index contributed by atoms with van der Waals surface area (Å²) in [4.78, 5) is 7.64. The summed E-state index contributed by atoms with van der Waals surface area (Å²) in [5.74, 6) is -1.50. The van der Waals surface area contributed by atoms with Gasteiger partial charge >= 0.3 is 12.1 Å². The van der Waals surface area contributed by atoms with Crippen LogP contribution in [-0.4, -0.2) is 31.4 Å². The molecule has 0 aliphatic heterocycles. The molecule has 3 aromatic rings. The number of fused-ring (bicyclic) bond motifs is 1. The Balaban J connectivity index is 1.37. The first-order valence-corrected chi connectivity index (χ1v) is 8.52. The molecule has 4 rings (SSSR count). The molecule has 1 unspecified atom stereocenters. The molecule has 0 saturated heterocycles. The minimum atomic E-state index is -4.66. The number of hydrogen-bond donors (Lipinski definition) is 2. The summed E-state index contributed by atoms with van der Waals surface area (Å²) < 4.78 is 41.8. The van der Waals surface area contributed by atoms with Crippen molar-refractivity contribution in [1.82, 2.24) is 30.6 Å². The standard InChI is InChI=1S/C17H17F3N6O/c1-9-13-6-11(4-5-14(13)25-24-9)22-8-12-3-2-10(7-21-12)15-23-16(27-26-15)17(18,19)20/h2-3,7,11,22H,4-6,8H2,1H3,(H,24,25). The van der Waals surface area contributed by atoms with Gasteiger partial charge in [-0.3, -0.25) is 10.1 Å². The summed E-state index contributed by atoms with van der Waals surface area (Å²) in [7, 11) is 0. The molecule has 0 aromatic carbocycles. The molecule has 0 amide bonds. The van der Waals surface area contributed by atoms with Crippen LogP contribution < -0.4 is 5.32 Å². The number of pyridine rings is 1. The van der Waals surface area contributed by atoms with Gasteiger partial charge in [-0.1, -0.05) is 5.16 Å². The van der Waals surface area contributed by atoms with Gasteiger partial charge in [0.2, 0.25) is 5.82 Å². The molecule has 1 atom stereocenters. The highest BCUT2D eigenvalue weighted by molar-refractivity contribution is 5.52. The maximum Gasteiger partial charge on any atom is 0.471 e. The Morgan fingerprint density at radius 2 is 2.19 bits per heavy atom. The van der Waals surface area contributed by atoms with E-state index in [4.69, 9.17) is 0 Å². The maximum atomic E-state index is 12.5. The van der Waals surface area contributed by atoms with Gasteiger partial charge in [0.1, 0.15) is 0 Å². The molecular weight excluding hydrogens is 361 g/mol. The number of halogens is 3. The Kier molecular flexibility index (Phi) is 4.42. The Hall–Kier alpha value is -2.75. The monoisotopic (exact) mass is 378 g/mol. The van der Waals surface area contributed by atoms with Crippen LogP contribution in [0.2, 0.25) is 0 Å². The van der Waals surface area contributed by atoms with Crippen LogP contribution in [-0.2, 0) is 25.6 Å². The predicted octanol–water partition coefficient (Wildman–Crippen LogP) is 2.83. The van der Waals surface area contributed by atoms with E-state index in [1.807, 2.05) is 6.92 Å². The van der Waals surface area contributed by atoms with Gasteiger partial charge < -0.3 is 9.84 Å². The number of nitrogens with zero attached hydrogens (tertiary/aromatic N) is 4. The summed E-state index contributed by atoms with van der Waals surface area (Å²) in [5, 5.41) is 14.2. The van der Waals surface area contributed by atoms with Crippen molar-refractivity contribution in [2.45, 2.75) is 44.9 Å². The zero-order valence-electron chi connectivity index (χ0n) is 14.5. The topological polar surface area (TPSA) is 92.5 Å². The molecule has 0 radical (unpaired) electrons. The summed E-state index contributed by atoms with van der Waals surface area (Å²) >= 11 is 0. The van der Waals surface area contributed by atoms with Crippen molar-refractivity contribution in [3.63, 3.8) is 0 Å². The molecule has 0 saturated carbocycles. The van der Waals surface area contributed by atoms with E-state index in [0.29, 0.717) is 18.2 Å². The van der Waals surface area contributed by atoms with Crippen molar-refractivity contribution in [2.24, 2.45) is 0 Å². The van der Waals surface area contributed by atoms with Gasteiger partial charge in [0.15, 0.2) is 0 Å². The van der Waals surface area contributed by atoms with E-state index in [1.54, 1.807) is 12.1 Å². The number of aromatic nitrogens is 5. The van der Waals surface area contributed by atoms with E-state index >= 15 is 0 Å². The maximum absolute atomic E-state index is 12.5. The summed E-state index contributed by atoms with van der Waals surface area (Å²) in [6, 6.07) is 3.71. The second-order valence-electron chi connectivity index (χ2n) is 6.55. The lowest BCUT2D eigenvalue weighted by molar-refractivity contribution is -0.159. The minimum absolute atomic E-state index is 0.135. The first-order chi connectivity index (χ1) is 12.9. The number of alkyl halides is 3. The lowest BCUT2D eigenvalue weighted by Crippen LogP contribution is -2.34. The molecule has 1 aliphatic rings. The fourth-order valence-corrected chi connectivity index (χ4v) is 3.18. The second kappa shape index (κ2) is 6.76. The molecule has 2 N–H and O–H groups in total. The number of rotatable bonds is 4. The first-order valence-electron chi connectivity index (χ1n) is 8.52. The van der Waals surface area contributed by atoms with Crippen molar-refractivity contribution in [1.29, 1.82) is 0 Å². The van der Waals surface area contributed by atoms with Gasteiger partial charge in [0, 0.05) is 30.0 Å². The first kappa shape index (κ1) is 17.7. The Morgan fingerprint density at radius 1 is 1.33 bits per heavy atom. The van der Waals surface area contributed by atoms with Crippen molar-refractivity contribution < 1.29 is 17.7 Å². The number of aromatic amines is 1. The smallest absolute Gasteiger partial charge is 0.329 e. The quantitative estimate of drug-likeness (QED) is 0.725. The summed E-state index contributed by atoms with van der Waals surface area (Å²) in [6.45, 7) is 2.59. The Morgan fingerprint density at radius 3 is 2.89 bits per heavy atom. The SMILES string of the molecule is Cc1[nH]nc2c1CC(NCc1ccc(-c3noc(C(F)(F)F)n3)cn1)CC2. The van der Waals surface area contributed by atoms with Crippen molar-refractivity contribution in [2.75, 3.05) is 0 Å². The van der Waals surface area contributed by atoms with Crippen LogP contribution in [0.1, 0.15) is 35.0 Å². The van der Waals surface area contributed by atoms with Crippen LogP contribution in [0.5, 0.6) is 0 Å².